The number of nitrogens with one attached hydrogen (secondary N) is 1. The highest BCUT2D eigenvalue weighted by Gasteiger charge is 2.48. The van der Waals surface area contributed by atoms with Gasteiger partial charge in [0, 0.05) is 29.4 Å². The molecule has 0 amide bonds. The standard InChI is InChI=1S/C13H27NOS/c1-7-15-11-8-10(13(11,4)5)14-9-12(2,3)16-6/h10-11,14H,7-9H2,1-6H3. The molecule has 0 aromatic rings. The Balaban J connectivity index is 2.36. The third kappa shape index (κ3) is 3.14. The fourth-order valence-corrected chi connectivity index (χ4v) is 2.38. The number of rotatable bonds is 6. The van der Waals surface area contributed by atoms with Crippen molar-refractivity contribution in [1.29, 1.82) is 0 Å². The van der Waals surface area contributed by atoms with Crippen LogP contribution in [0, 0.1) is 5.41 Å². The van der Waals surface area contributed by atoms with E-state index in [2.05, 4.69) is 46.2 Å². The van der Waals surface area contributed by atoms with Gasteiger partial charge in [0.15, 0.2) is 0 Å². The van der Waals surface area contributed by atoms with Crippen LogP contribution in [0.15, 0.2) is 0 Å². The highest BCUT2D eigenvalue weighted by molar-refractivity contribution is 7.99. The minimum Gasteiger partial charge on any atom is -0.378 e. The number of ether oxygens (including phenoxy) is 1. The molecule has 0 saturated heterocycles. The van der Waals surface area contributed by atoms with Gasteiger partial charge in [-0.05, 0) is 33.4 Å². The second-order valence-corrected chi connectivity index (χ2v) is 7.41. The molecular formula is C13H27NOS. The van der Waals surface area contributed by atoms with E-state index in [1.807, 2.05) is 11.8 Å². The van der Waals surface area contributed by atoms with Crippen molar-refractivity contribution in [1.82, 2.24) is 5.32 Å². The molecule has 3 heteroatoms. The molecule has 96 valence electrons. The number of hydrogen-bond acceptors (Lipinski definition) is 3. The zero-order chi connectivity index (χ0) is 12.4. The van der Waals surface area contributed by atoms with Gasteiger partial charge in [-0.1, -0.05) is 13.8 Å². The smallest absolute Gasteiger partial charge is 0.0655 e. The van der Waals surface area contributed by atoms with Crippen molar-refractivity contribution in [2.45, 2.75) is 57.9 Å². The van der Waals surface area contributed by atoms with E-state index in [4.69, 9.17) is 4.74 Å². The Bertz CT molecular complexity index is 228. The maximum Gasteiger partial charge on any atom is 0.0655 e. The Labute approximate surface area is 105 Å². The van der Waals surface area contributed by atoms with Gasteiger partial charge in [-0.3, -0.25) is 0 Å². The first-order valence-electron chi connectivity index (χ1n) is 6.23. The monoisotopic (exact) mass is 245 g/mol. The SMILES string of the molecule is CCOC1CC(NCC(C)(C)SC)C1(C)C. The van der Waals surface area contributed by atoms with Gasteiger partial charge in [0.2, 0.25) is 0 Å². The summed E-state index contributed by atoms with van der Waals surface area (Å²) in [7, 11) is 0. The predicted molar refractivity (Wildman–Crippen MR) is 73.2 cm³/mol. The lowest BCUT2D eigenvalue weighted by molar-refractivity contribution is -0.114. The van der Waals surface area contributed by atoms with E-state index in [0.29, 0.717) is 16.9 Å². The van der Waals surface area contributed by atoms with Gasteiger partial charge in [-0.25, -0.2) is 0 Å². The van der Waals surface area contributed by atoms with Crippen molar-refractivity contribution in [3.05, 3.63) is 0 Å². The molecule has 0 radical (unpaired) electrons. The van der Waals surface area contributed by atoms with Crippen LogP contribution in [-0.2, 0) is 4.74 Å². The lowest BCUT2D eigenvalue weighted by Gasteiger charge is -2.52. The zero-order valence-electron chi connectivity index (χ0n) is 11.6. The first-order valence-corrected chi connectivity index (χ1v) is 7.46. The highest BCUT2D eigenvalue weighted by Crippen LogP contribution is 2.43. The third-order valence-electron chi connectivity index (χ3n) is 3.87. The molecule has 0 aromatic heterocycles. The van der Waals surface area contributed by atoms with Crippen molar-refractivity contribution in [2.24, 2.45) is 5.41 Å². The maximum atomic E-state index is 5.74. The van der Waals surface area contributed by atoms with Gasteiger partial charge in [0.1, 0.15) is 0 Å². The average molecular weight is 245 g/mol. The van der Waals surface area contributed by atoms with Crippen LogP contribution >= 0.6 is 11.8 Å². The van der Waals surface area contributed by atoms with Gasteiger partial charge < -0.3 is 10.1 Å². The lowest BCUT2D eigenvalue weighted by atomic mass is 9.64. The Morgan fingerprint density at radius 3 is 2.50 bits per heavy atom. The van der Waals surface area contributed by atoms with Gasteiger partial charge in [-0.2, -0.15) is 11.8 Å². The van der Waals surface area contributed by atoms with Gasteiger partial charge in [0.25, 0.3) is 0 Å². The minimum absolute atomic E-state index is 0.282. The van der Waals surface area contributed by atoms with Gasteiger partial charge >= 0.3 is 0 Å². The number of hydrogen-bond donors (Lipinski definition) is 1. The lowest BCUT2D eigenvalue weighted by Crippen LogP contribution is -2.62. The van der Waals surface area contributed by atoms with Crippen LogP contribution in [-0.4, -0.2) is 36.3 Å². The van der Waals surface area contributed by atoms with Gasteiger partial charge in [0.05, 0.1) is 6.10 Å². The third-order valence-corrected chi connectivity index (χ3v) is 5.12. The Morgan fingerprint density at radius 2 is 2.06 bits per heavy atom. The summed E-state index contributed by atoms with van der Waals surface area (Å²) in [5, 5.41) is 3.69. The van der Waals surface area contributed by atoms with Crippen LogP contribution in [0.4, 0.5) is 0 Å². The molecule has 0 aliphatic heterocycles. The Morgan fingerprint density at radius 1 is 1.44 bits per heavy atom. The van der Waals surface area contributed by atoms with E-state index >= 15 is 0 Å². The predicted octanol–water partition coefficient (Wildman–Crippen LogP) is 2.92. The molecule has 0 aromatic carbocycles. The molecule has 2 nitrogen and oxygen atoms in total. The van der Waals surface area contributed by atoms with Crippen LogP contribution in [0.5, 0.6) is 0 Å². The van der Waals surface area contributed by atoms with Crippen LogP contribution in [0.3, 0.4) is 0 Å². The summed E-state index contributed by atoms with van der Waals surface area (Å²) in [6.45, 7) is 13.2. The van der Waals surface area contributed by atoms with Crippen molar-refractivity contribution >= 4 is 11.8 Å². The molecule has 1 aliphatic rings. The summed E-state index contributed by atoms with van der Waals surface area (Å²) in [5.41, 5.74) is 0.282. The summed E-state index contributed by atoms with van der Waals surface area (Å²) in [5.74, 6) is 0. The summed E-state index contributed by atoms with van der Waals surface area (Å²) in [6.07, 6.45) is 3.77. The molecule has 2 atom stereocenters. The first-order chi connectivity index (χ1) is 7.33. The van der Waals surface area contributed by atoms with Crippen LogP contribution in [0.25, 0.3) is 0 Å². The molecule has 1 saturated carbocycles. The topological polar surface area (TPSA) is 21.3 Å². The van der Waals surface area contributed by atoms with E-state index < -0.39 is 0 Å². The zero-order valence-corrected chi connectivity index (χ0v) is 12.4. The molecule has 16 heavy (non-hydrogen) atoms. The largest absolute Gasteiger partial charge is 0.378 e. The Kier molecular flexibility index (Phi) is 4.73. The van der Waals surface area contributed by atoms with E-state index in [1.54, 1.807) is 0 Å². The van der Waals surface area contributed by atoms with Crippen molar-refractivity contribution in [3.63, 3.8) is 0 Å². The number of thioether (sulfide) groups is 1. The summed E-state index contributed by atoms with van der Waals surface area (Å²) >= 11 is 1.92. The summed E-state index contributed by atoms with van der Waals surface area (Å²) in [4.78, 5) is 0. The molecule has 0 bridgehead atoms. The van der Waals surface area contributed by atoms with Crippen molar-refractivity contribution < 1.29 is 4.74 Å². The van der Waals surface area contributed by atoms with Crippen LogP contribution < -0.4 is 5.32 Å². The molecule has 2 unspecified atom stereocenters. The van der Waals surface area contributed by atoms with Crippen LogP contribution in [0.2, 0.25) is 0 Å². The van der Waals surface area contributed by atoms with E-state index in [-0.39, 0.29) is 5.41 Å². The fraction of sp³-hybridized carbons (Fsp3) is 1.00. The van der Waals surface area contributed by atoms with Crippen molar-refractivity contribution in [3.8, 4) is 0 Å². The molecule has 1 rings (SSSR count). The second kappa shape index (κ2) is 5.28. The molecule has 1 N–H and O–H groups in total. The van der Waals surface area contributed by atoms with E-state index in [1.165, 1.54) is 0 Å². The van der Waals surface area contributed by atoms with Crippen molar-refractivity contribution in [2.75, 3.05) is 19.4 Å². The normalized spacial score (nSPS) is 28.9. The van der Waals surface area contributed by atoms with E-state index in [9.17, 15) is 0 Å². The molecule has 1 aliphatic carbocycles. The first kappa shape index (κ1) is 14.3. The molecule has 0 spiro atoms. The maximum absolute atomic E-state index is 5.74. The molecule has 0 heterocycles. The molecule has 1 fully saturated rings. The second-order valence-electron chi connectivity index (χ2n) is 5.90. The van der Waals surface area contributed by atoms with E-state index in [0.717, 1.165) is 19.6 Å². The fourth-order valence-electron chi connectivity index (χ4n) is 2.16. The minimum atomic E-state index is 0.282. The quantitative estimate of drug-likeness (QED) is 0.777. The highest BCUT2D eigenvalue weighted by atomic mass is 32.2. The summed E-state index contributed by atoms with van der Waals surface area (Å²) < 4.78 is 6.06. The van der Waals surface area contributed by atoms with Crippen LogP contribution in [0.1, 0.15) is 41.0 Å². The average Bonchev–Trinajstić information content (AvgIpc) is 2.22. The summed E-state index contributed by atoms with van der Waals surface area (Å²) in [6, 6.07) is 0.607. The Hall–Kier alpha value is 0.270. The molecular weight excluding hydrogens is 218 g/mol. The van der Waals surface area contributed by atoms with Gasteiger partial charge in [-0.15, -0.1) is 0 Å².